The summed E-state index contributed by atoms with van der Waals surface area (Å²) in [6.07, 6.45) is 4.36. The van der Waals surface area contributed by atoms with Crippen molar-refractivity contribution in [3.8, 4) is 44.9 Å². The molecule has 11 rings (SSSR count). The van der Waals surface area contributed by atoms with Gasteiger partial charge in [-0.2, -0.15) is 0 Å². The molecule has 1 fully saturated rings. The number of rotatable bonds is 4. The third-order valence-electron chi connectivity index (χ3n) is 12.2. The van der Waals surface area contributed by atoms with Crippen LogP contribution >= 0.6 is 0 Å². The Balaban J connectivity index is 0.000000160. The summed E-state index contributed by atoms with van der Waals surface area (Å²) in [5.41, 5.74) is 12.9. The summed E-state index contributed by atoms with van der Waals surface area (Å²) in [5.74, 6) is 3.75. The van der Waals surface area contributed by atoms with Crippen LogP contribution in [0, 0.1) is 41.5 Å². The average Bonchev–Trinajstić information content (AvgIpc) is 4.05. The quantitative estimate of drug-likeness (QED) is 0.165. The molecule has 61 heavy (non-hydrogen) atoms. The van der Waals surface area contributed by atoms with Crippen LogP contribution in [0.15, 0.2) is 154 Å². The number of furan rings is 2. The summed E-state index contributed by atoms with van der Waals surface area (Å²) < 4.78 is 13.5. The third-order valence-corrected chi connectivity index (χ3v) is 13.4. The van der Waals surface area contributed by atoms with E-state index in [2.05, 4.69) is 161 Å². The van der Waals surface area contributed by atoms with Crippen molar-refractivity contribution in [3.63, 3.8) is 0 Å². The molecule has 0 saturated heterocycles. The summed E-state index contributed by atoms with van der Waals surface area (Å²) in [6, 6.07) is 52.2. The van der Waals surface area contributed by atoms with Gasteiger partial charge < -0.3 is 33.6 Å². The van der Waals surface area contributed by atoms with Crippen molar-refractivity contribution in [2.24, 2.45) is 0 Å². The molecule has 0 atom stereocenters. The molecule has 2 aromatic heterocycles. The van der Waals surface area contributed by atoms with Gasteiger partial charge in [-0.3, -0.25) is 0 Å². The first-order valence-electron chi connectivity index (χ1n) is 20.7. The van der Waals surface area contributed by atoms with Crippen LogP contribution in [0.1, 0.15) is 53.0 Å². The summed E-state index contributed by atoms with van der Waals surface area (Å²) in [5, 5.41) is 10.3. The van der Waals surface area contributed by atoms with E-state index in [9.17, 15) is 0 Å². The van der Waals surface area contributed by atoms with Crippen molar-refractivity contribution >= 4 is 46.3 Å². The molecule has 2 heterocycles. The van der Waals surface area contributed by atoms with E-state index < -0.39 is 0 Å². The van der Waals surface area contributed by atoms with E-state index >= 15 is 0 Å². The summed E-state index contributed by atoms with van der Waals surface area (Å²) >= 11 is 1.67. The molecule has 0 radical (unpaired) electrons. The fraction of sp³-hybridized carbons (Fsp3) is 0.161. The van der Waals surface area contributed by atoms with E-state index in [0.29, 0.717) is 0 Å². The van der Waals surface area contributed by atoms with Crippen molar-refractivity contribution in [1.29, 1.82) is 0 Å². The molecule has 1 aliphatic carbocycles. The second-order valence-corrected chi connectivity index (χ2v) is 17.9. The molecule has 0 unspecified atom stereocenters. The van der Waals surface area contributed by atoms with Crippen LogP contribution in [0.5, 0.6) is 0 Å². The van der Waals surface area contributed by atoms with Gasteiger partial charge in [-0.1, -0.05) is 118 Å². The molecule has 304 valence electrons. The Bertz CT molecular complexity index is 2960. The molecule has 0 N–H and O–H groups in total. The van der Waals surface area contributed by atoms with E-state index in [-0.39, 0.29) is 24.8 Å². The molecule has 0 bridgehead atoms. The predicted octanol–water partition coefficient (Wildman–Crippen LogP) is 10.0. The van der Waals surface area contributed by atoms with Crippen molar-refractivity contribution in [1.82, 2.24) is 0 Å². The summed E-state index contributed by atoms with van der Waals surface area (Å²) in [7, 11) is 0. The Hall–Kier alpha value is -5.05. The minimum absolute atomic E-state index is 0. The fourth-order valence-corrected chi connectivity index (χ4v) is 9.47. The molecule has 0 spiro atoms. The maximum absolute atomic E-state index is 5.88. The van der Waals surface area contributed by atoms with Crippen LogP contribution in [0.3, 0.4) is 0 Å². The Labute approximate surface area is 386 Å². The second kappa shape index (κ2) is 18.5. The Morgan fingerprint density at radius 2 is 0.852 bits per heavy atom. The predicted molar refractivity (Wildman–Crippen MR) is 248 cm³/mol. The van der Waals surface area contributed by atoms with E-state index in [1.807, 2.05) is 26.0 Å². The van der Waals surface area contributed by atoms with Crippen molar-refractivity contribution in [3.05, 3.63) is 179 Å². The van der Waals surface area contributed by atoms with Crippen LogP contribution in [0.4, 0.5) is 0 Å². The van der Waals surface area contributed by atoms with E-state index in [1.54, 1.807) is 27.4 Å². The van der Waals surface area contributed by atoms with Gasteiger partial charge in [-0.15, -0.1) is 57.9 Å². The number of hydrogen-bond donors (Lipinski definition) is 0. The van der Waals surface area contributed by atoms with Crippen LogP contribution < -0.4 is 24.8 Å². The van der Waals surface area contributed by atoms with Gasteiger partial charge in [0.15, 0.2) is 0 Å². The molecular weight excluding hydrogens is 867 g/mol. The van der Waals surface area contributed by atoms with Gasteiger partial charge in [0.05, 0.1) is 23.0 Å². The van der Waals surface area contributed by atoms with Crippen LogP contribution in [0.25, 0.3) is 88.0 Å². The molecule has 0 amide bonds. The number of halogens is 2. The molecule has 1 saturated carbocycles. The van der Waals surface area contributed by atoms with Gasteiger partial charge in [-0.05, 0) is 110 Å². The van der Waals surface area contributed by atoms with E-state index in [1.165, 1.54) is 107 Å². The van der Waals surface area contributed by atoms with Gasteiger partial charge in [0.25, 0.3) is 0 Å². The average molecular weight is 915 g/mol. The fourth-order valence-electron chi connectivity index (χ4n) is 8.60. The molecule has 1 aliphatic rings. The second-order valence-electron chi connectivity index (χ2n) is 16.2. The SMILES string of the molecule is Cc1ccc(-c2cc3c(-c4cccc5ccccc45)c(C)c(C)cc3[cH-]2)o1.Cc1ccc(-c2cc3c(-c4cccc5ccccc45)c(C)c(C)cc3[cH-]2)o1.[Cl-].[Cl-].[Zr+2]=[C]1CCC1. The van der Waals surface area contributed by atoms with Crippen LogP contribution in [-0.2, 0) is 24.2 Å². The third kappa shape index (κ3) is 8.72. The molecule has 8 aromatic carbocycles. The first-order valence-corrected chi connectivity index (χ1v) is 21.9. The zero-order valence-corrected chi connectivity index (χ0v) is 39.5. The number of hydrogen-bond acceptors (Lipinski definition) is 2. The Kier molecular flexibility index (Phi) is 13.4. The minimum atomic E-state index is 0. The topological polar surface area (TPSA) is 26.3 Å². The van der Waals surface area contributed by atoms with Gasteiger partial charge in [0.1, 0.15) is 0 Å². The molecule has 2 nitrogen and oxygen atoms in total. The first kappa shape index (κ1) is 44.0. The molecule has 5 heteroatoms. The van der Waals surface area contributed by atoms with Crippen molar-refractivity contribution in [2.75, 3.05) is 0 Å². The van der Waals surface area contributed by atoms with E-state index in [0.717, 1.165) is 34.2 Å². The van der Waals surface area contributed by atoms with E-state index in [4.69, 9.17) is 8.83 Å². The number of benzene rings is 6. The Morgan fingerprint density at radius 1 is 0.459 bits per heavy atom. The number of fused-ring (bicyclic) bond motifs is 4. The maximum atomic E-state index is 5.88. The molecule has 0 aliphatic heterocycles. The van der Waals surface area contributed by atoms with Gasteiger partial charge in [0, 0.05) is 0 Å². The van der Waals surface area contributed by atoms with Crippen LogP contribution in [0.2, 0.25) is 0 Å². The number of aryl methyl sites for hydroxylation is 4. The van der Waals surface area contributed by atoms with Gasteiger partial charge in [0.2, 0.25) is 0 Å². The zero-order chi connectivity index (χ0) is 40.8. The monoisotopic (exact) mass is 912 g/mol. The summed E-state index contributed by atoms with van der Waals surface area (Å²) in [4.78, 5) is 0. The van der Waals surface area contributed by atoms with Gasteiger partial charge in [-0.25, -0.2) is 0 Å². The zero-order valence-electron chi connectivity index (χ0n) is 35.6. The standard InChI is InChI=1S/2C26H21O.C4H6.2ClH.Zr/c2*1-16-13-20-14-21(25-12-11-17(2)27-25)15-24(20)26(18(16)3)23-10-6-8-19-7-4-5-9-22(19)23;1-2-4-3-1;;;/h2*4-15H,1-3H3;1-3H2;2*1H;/q2*-1;;;;+2/p-2. The molecule has 10 aromatic rings. The summed E-state index contributed by atoms with van der Waals surface area (Å²) in [6.45, 7) is 12.8. The molecular formula is C56H48Cl2O2Zr-2. The Morgan fingerprint density at radius 3 is 1.21 bits per heavy atom. The van der Waals surface area contributed by atoms with Crippen molar-refractivity contribution < 1.29 is 57.9 Å². The van der Waals surface area contributed by atoms with Crippen molar-refractivity contribution in [2.45, 2.75) is 60.8 Å². The van der Waals surface area contributed by atoms with Gasteiger partial charge >= 0.3 is 46.7 Å². The van der Waals surface area contributed by atoms with Crippen LogP contribution in [-0.4, -0.2) is 3.21 Å². The first-order chi connectivity index (χ1) is 28.6. The normalized spacial score (nSPS) is 12.0.